The van der Waals surface area contributed by atoms with E-state index in [1.807, 2.05) is 0 Å². The van der Waals surface area contributed by atoms with Gasteiger partial charge in [0, 0.05) is 12.3 Å². The van der Waals surface area contributed by atoms with Crippen molar-refractivity contribution >= 4 is 11.6 Å². The van der Waals surface area contributed by atoms with E-state index in [4.69, 9.17) is 11.6 Å². The fourth-order valence-corrected chi connectivity index (χ4v) is 2.52. The number of nitrogens with zero attached hydrogens (tertiary/aromatic N) is 1. The Morgan fingerprint density at radius 2 is 2.00 bits per heavy atom. The van der Waals surface area contributed by atoms with Gasteiger partial charge in [-0.15, -0.1) is 0 Å². The summed E-state index contributed by atoms with van der Waals surface area (Å²) in [6.07, 6.45) is -3.64. The zero-order valence-electron chi connectivity index (χ0n) is 11.7. The van der Waals surface area contributed by atoms with Crippen molar-refractivity contribution in [2.75, 3.05) is 0 Å². The monoisotopic (exact) mass is 346 g/mol. The maximum Gasteiger partial charge on any atom is 0.433 e. The second-order valence-electron chi connectivity index (χ2n) is 5.48. The van der Waals surface area contributed by atoms with Gasteiger partial charge in [0.05, 0.1) is 10.6 Å². The lowest BCUT2D eigenvalue weighted by atomic mass is 10.0. The molecular formula is C15H11ClF4N2O. The number of halogens is 5. The van der Waals surface area contributed by atoms with Gasteiger partial charge in [0.1, 0.15) is 11.6 Å². The van der Waals surface area contributed by atoms with Gasteiger partial charge in [-0.25, -0.2) is 9.37 Å². The second-order valence-corrected chi connectivity index (χ2v) is 5.88. The molecular weight excluding hydrogens is 336 g/mol. The number of nitrogens with one attached hydrogen (secondary N) is 1. The second kappa shape index (κ2) is 5.63. The van der Waals surface area contributed by atoms with Crippen molar-refractivity contribution in [3.05, 3.63) is 62.0 Å². The van der Waals surface area contributed by atoms with Crippen LogP contribution in [0.5, 0.6) is 0 Å². The van der Waals surface area contributed by atoms with Crippen molar-refractivity contribution in [1.29, 1.82) is 0 Å². The van der Waals surface area contributed by atoms with Crippen molar-refractivity contribution in [1.82, 2.24) is 9.97 Å². The van der Waals surface area contributed by atoms with Crippen molar-refractivity contribution < 1.29 is 17.6 Å². The predicted octanol–water partition coefficient (Wildman–Crippen LogP) is 4.05. The summed E-state index contributed by atoms with van der Waals surface area (Å²) in [6, 6.07) is 3.53. The largest absolute Gasteiger partial charge is 0.433 e. The van der Waals surface area contributed by atoms with Crippen molar-refractivity contribution in [2.45, 2.75) is 31.4 Å². The number of aromatic amines is 1. The third-order valence-electron chi connectivity index (χ3n) is 3.63. The molecule has 1 aromatic heterocycles. The van der Waals surface area contributed by atoms with E-state index in [-0.39, 0.29) is 23.2 Å². The normalized spacial score (nSPS) is 15.0. The highest BCUT2D eigenvalue weighted by atomic mass is 35.5. The minimum atomic E-state index is -4.74. The Bertz CT molecular complexity index is 812. The van der Waals surface area contributed by atoms with Crippen LogP contribution in [0, 0.1) is 5.82 Å². The predicted molar refractivity (Wildman–Crippen MR) is 76.1 cm³/mol. The molecule has 0 spiro atoms. The van der Waals surface area contributed by atoms with Crippen molar-refractivity contribution in [2.24, 2.45) is 0 Å². The van der Waals surface area contributed by atoms with Gasteiger partial charge in [-0.05, 0) is 30.5 Å². The van der Waals surface area contributed by atoms with Gasteiger partial charge in [-0.1, -0.05) is 17.7 Å². The van der Waals surface area contributed by atoms with Crippen molar-refractivity contribution in [3.8, 4) is 0 Å². The number of alkyl halides is 3. The van der Waals surface area contributed by atoms with Gasteiger partial charge in [-0.2, -0.15) is 13.2 Å². The summed E-state index contributed by atoms with van der Waals surface area (Å²) < 4.78 is 52.9. The van der Waals surface area contributed by atoms with E-state index in [0.29, 0.717) is 18.4 Å². The lowest BCUT2D eigenvalue weighted by Gasteiger charge is -2.13. The SMILES string of the molecule is O=c1[nH]c(C2CC2)nc(C(F)(F)F)c1Cc1ccc(F)c(Cl)c1. The maximum atomic E-state index is 13.2. The molecule has 3 nitrogen and oxygen atoms in total. The average Bonchev–Trinajstić information content (AvgIpc) is 3.28. The molecule has 0 bridgehead atoms. The van der Waals surface area contributed by atoms with Gasteiger partial charge in [0.15, 0.2) is 5.69 Å². The van der Waals surface area contributed by atoms with Crippen LogP contribution in [-0.4, -0.2) is 9.97 Å². The molecule has 1 aliphatic carbocycles. The van der Waals surface area contributed by atoms with Gasteiger partial charge in [0.2, 0.25) is 0 Å². The highest BCUT2D eigenvalue weighted by molar-refractivity contribution is 6.30. The van der Waals surface area contributed by atoms with E-state index in [2.05, 4.69) is 9.97 Å². The fourth-order valence-electron chi connectivity index (χ4n) is 2.32. The van der Waals surface area contributed by atoms with Crippen LogP contribution in [0.4, 0.5) is 17.6 Å². The van der Waals surface area contributed by atoms with Crippen LogP contribution in [0.15, 0.2) is 23.0 Å². The number of benzene rings is 1. The van der Waals surface area contributed by atoms with E-state index in [1.165, 1.54) is 12.1 Å². The molecule has 1 N–H and O–H groups in total. The molecule has 8 heteroatoms. The maximum absolute atomic E-state index is 13.2. The van der Waals surface area contributed by atoms with E-state index < -0.39 is 28.8 Å². The smallest absolute Gasteiger partial charge is 0.310 e. The topological polar surface area (TPSA) is 45.8 Å². The summed E-state index contributed by atoms with van der Waals surface area (Å²) in [6.45, 7) is 0. The molecule has 0 saturated heterocycles. The van der Waals surface area contributed by atoms with Crippen LogP contribution in [0.25, 0.3) is 0 Å². The molecule has 0 aliphatic heterocycles. The van der Waals surface area contributed by atoms with Gasteiger partial charge < -0.3 is 4.98 Å². The highest BCUT2D eigenvalue weighted by Gasteiger charge is 2.39. The standard InChI is InChI=1S/C15H11ClF4N2O/c16-10-6-7(1-4-11(10)17)5-9-12(15(18,19)20)21-13(8-2-3-8)22-14(9)23/h1,4,6,8H,2-3,5H2,(H,21,22,23). The van der Waals surface area contributed by atoms with Crippen LogP contribution >= 0.6 is 11.6 Å². The Hall–Kier alpha value is -1.89. The molecule has 1 aromatic carbocycles. The van der Waals surface area contributed by atoms with Crippen LogP contribution in [0.3, 0.4) is 0 Å². The third-order valence-corrected chi connectivity index (χ3v) is 3.92. The first-order valence-corrected chi connectivity index (χ1v) is 7.27. The summed E-state index contributed by atoms with van der Waals surface area (Å²) in [5, 5.41) is -0.213. The van der Waals surface area contributed by atoms with Gasteiger partial charge in [-0.3, -0.25) is 4.79 Å². The van der Waals surface area contributed by atoms with Crippen LogP contribution in [0.1, 0.15) is 41.4 Å². The first-order chi connectivity index (χ1) is 10.8. The van der Waals surface area contributed by atoms with E-state index in [0.717, 1.165) is 6.07 Å². The minimum absolute atomic E-state index is 0.0724. The van der Waals surface area contributed by atoms with Crippen LogP contribution < -0.4 is 5.56 Å². The minimum Gasteiger partial charge on any atom is -0.310 e. The average molecular weight is 347 g/mol. The van der Waals surface area contributed by atoms with Crippen LogP contribution in [0.2, 0.25) is 5.02 Å². The summed E-state index contributed by atoms with van der Waals surface area (Å²) in [5.41, 5.74) is -2.21. The van der Waals surface area contributed by atoms with Gasteiger partial charge >= 0.3 is 6.18 Å². The molecule has 1 fully saturated rings. The lowest BCUT2D eigenvalue weighted by Crippen LogP contribution is -2.25. The molecule has 3 rings (SSSR count). The quantitative estimate of drug-likeness (QED) is 0.852. The molecule has 2 aromatic rings. The van der Waals surface area contributed by atoms with E-state index >= 15 is 0 Å². The first-order valence-electron chi connectivity index (χ1n) is 6.90. The molecule has 0 atom stereocenters. The highest BCUT2D eigenvalue weighted by Crippen LogP contribution is 2.39. The Morgan fingerprint density at radius 1 is 1.30 bits per heavy atom. The Kier molecular flexibility index (Phi) is 3.91. The molecule has 1 aliphatic rings. The van der Waals surface area contributed by atoms with Crippen LogP contribution in [-0.2, 0) is 12.6 Å². The number of hydrogen-bond donors (Lipinski definition) is 1. The first kappa shape index (κ1) is 16.0. The molecule has 0 amide bonds. The number of H-pyrrole nitrogens is 1. The molecule has 1 heterocycles. The number of rotatable bonds is 3. The van der Waals surface area contributed by atoms with E-state index in [9.17, 15) is 22.4 Å². The summed E-state index contributed by atoms with van der Waals surface area (Å²) >= 11 is 5.63. The number of aromatic nitrogens is 2. The molecule has 122 valence electrons. The number of hydrogen-bond acceptors (Lipinski definition) is 2. The van der Waals surface area contributed by atoms with E-state index in [1.54, 1.807) is 0 Å². The zero-order chi connectivity index (χ0) is 16.8. The third kappa shape index (κ3) is 3.39. The molecule has 1 saturated carbocycles. The Morgan fingerprint density at radius 3 is 2.57 bits per heavy atom. The molecule has 0 unspecified atom stereocenters. The Labute approximate surface area is 133 Å². The van der Waals surface area contributed by atoms with Gasteiger partial charge in [0.25, 0.3) is 5.56 Å². The summed E-state index contributed by atoms with van der Waals surface area (Å²) in [5.74, 6) is -0.719. The molecule has 0 radical (unpaired) electrons. The Balaban J connectivity index is 2.06. The summed E-state index contributed by atoms with van der Waals surface area (Å²) in [7, 11) is 0. The fraction of sp³-hybridized carbons (Fsp3) is 0.333. The molecule has 23 heavy (non-hydrogen) atoms. The summed E-state index contributed by atoms with van der Waals surface area (Å²) in [4.78, 5) is 18.1. The lowest BCUT2D eigenvalue weighted by molar-refractivity contribution is -0.142. The van der Waals surface area contributed by atoms with Crippen molar-refractivity contribution in [3.63, 3.8) is 0 Å². The zero-order valence-corrected chi connectivity index (χ0v) is 12.4.